The Morgan fingerprint density at radius 2 is 1.76 bits per heavy atom. The minimum Gasteiger partial charge on any atom is -0.355 e. The molecule has 1 N–H and O–H groups in total. The number of rotatable bonds is 8. The molecule has 0 saturated heterocycles. The molecule has 4 aromatic rings. The quantitative estimate of drug-likeness (QED) is 0.304. The van der Waals surface area contributed by atoms with Crippen LogP contribution < -0.4 is 5.32 Å². The Labute approximate surface area is 207 Å². The standard InChI is InChI=1S/C25H22Cl2N4OS/c1-17-7-5-6-10-22(17)31-24(19-8-3-2-4-9-19)29-30-25(31)33-16-23(32)28-14-13-18-11-12-20(26)15-21(18)27/h2-12,15H,13-14,16H2,1H3,(H,28,32). The number of carbonyl (C=O) groups is 1. The predicted molar refractivity (Wildman–Crippen MR) is 135 cm³/mol. The van der Waals surface area contributed by atoms with Crippen molar-refractivity contribution in [3.8, 4) is 17.1 Å². The molecule has 1 heterocycles. The molecule has 1 amide bonds. The highest BCUT2D eigenvalue weighted by molar-refractivity contribution is 7.99. The van der Waals surface area contributed by atoms with E-state index in [4.69, 9.17) is 23.2 Å². The van der Waals surface area contributed by atoms with Gasteiger partial charge in [-0.2, -0.15) is 0 Å². The monoisotopic (exact) mass is 496 g/mol. The van der Waals surface area contributed by atoms with Gasteiger partial charge in [-0.15, -0.1) is 10.2 Å². The number of thioether (sulfide) groups is 1. The van der Waals surface area contributed by atoms with Crippen molar-refractivity contribution >= 4 is 40.9 Å². The maximum Gasteiger partial charge on any atom is 0.230 e. The molecule has 0 spiro atoms. The van der Waals surface area contributed by atoms with E-state index in [1.54, 1.807) is 12.1 Å². The molecule has 0 aliphatic carbocycles. The lowest BCUT2D eigenvalue weighted by atomic mass is 10.1. The first-order valence-electron chi connectivity index (χ1n) is 10.4. The minimum atomic E-state index is -0.0781. The first-order valence-corrected chi connectivity index (χ1v) is 12.2. The number of para-hydroxylation sites is 1. The van der Waals surface area contributed by atoms with Crippen molar-refractivity contribution in [1.29, 1.82) is 0 Å². The largest absolute Gasteiger partial charge is 0.355 e. The van der Waals surface area contributed by atoms with E-state index in [2.05, 4.69) is 15.5 Å². The molecule has 4 rings (SSSR count). The third kappa shape index (κ3) is 5.77. The highest BCUT2D eigenvalue weighted by atomic mass is 35.5. The minimum absolute atomic E-state index is 0.0781. The van der Waals surface area contributed by atoms with Crippen LogP contribution in [0.15, 0.2) is 78.0 Å². The van der Waals surface area contributed by atoms with Crippen LogP contribution in [0.25, 0.3) is 17.1 Å². The summed E-state index contributed by atoms with van der Waals surface area (Å²) in [5.74, 6) is 0.892. The number of carbonyl (C=O) groups excluding carboxylic acids is 1. The molecule has 33 heavy (non-hydrogen) atoms. The van der Waals surface area contributed by atoms with Gasteiger partial charge in [0.1, 0.15) is 0 Å². The summed E-state index contributed by atoms with van der Waals surface area (Å²) < 4.78 is 2.01. The zero-order valence-corrected chi connectivity index (χ0v) is 20.3. The highest BCUT2D eigenvalue weighted by Crippen LogP contribution is 2.29. The molecule has 0 aliphatic heterocycles. The van der Waals surface area contributed by atoms with Crippen LogP contribution in [0.5, 0.6) is 0 Å². The molecule has 3 aromatic carbocycles. The number of amides is 1. The molecular formula is C25H22Cl2N4OS. The summed E-state index contributed by atoms with van der Waals surface area (Å²) in [4.78, 5) is 12.5. The van der Waals surface area contributed by atoms with E-state index < -0.39 is 0 Å². The summed E-state index contributed by atoms with van der Waals surface area (Å²) in [6, 6.07) is 23.4. The zero-order valence-electron chi connectivity index (χ0n) is 18.0. The van der Waals surface area contributed by atoms with Gasteiger partial charge in [-0.3, -0.25) is 9.36 Å². The fourth-order valence-electron chi connectivity index (χ4n) is 3.41. The number of aryl methyl sites for hydroxylation is 1. The van der Waals surface area contributed by atoms with Crippen LogP contribution in [0.4, 0.5) is 0 Å². The van der Waals surface area contributed by atoms with Crippen LogP contribution in [0, 0.1) is 6.92 Å². The van der Waals surface area contributed by atoms with Gasteiger partial charge in [0, 0.05) is 22.2 Å². The second kappa shape index (κ2) is 10.9. The van der Waals surface area contributed by atoms with E-state index in [1.165, 1.54) is 11.8 Å². The van der Waals surface area contributed by atoms with Crippen molar-refractivity contribution in [2.45, 2.75) is 18.5 Å². The van der Waals surface area contributed by atoms with E-state index in [0.717, 1.165) is 28.2 Å². The number of benzene rings is 3. The smallest absolute Gasteiger partial charge is 0.230 e. The second-order valence-corrected chi connectivity index (χ2v) is 9.20. The van der Waals surface area contributed by atoms with Gasteiger partial charge < -0.3 is 5.32 Å². The average molecular weight is 497 g/mol. The summed E-state index contributed by atoms with van der Waals surface area (Å²) in [7, 11) is 0. The van der Waals surface area contributed by atoms with Gasteiger partial charge in [-0.25, -0.2) is 0 Å². The van der Waals surface area contributed by atoms with Crippen LogP contribution in [0.3, 0.4) is 0 Å². The van der Waals surface area contributed by atoms with Crippen LogP contribution in [-0.2, 0) is 11.2 Å². The number of hydrogen-bond acceptors (Lipinski definition) is 4. The molecule has 0 radical (unpaired) electrons. The maximum atomic E-state index is 12.5. The van der Waals surface area contributed by atoms with Crippen molar-refractivity contribution < 1.29 is 4.79 Å². The van der Waals surface area contributed by atoms with Gasteiger partial charge in [0.2, 0.25) is 5.91 Å². The summed E-state index contributed by atoms with van der Waals surface area (Å²) in [5.41, 5.74) is 3.99. The van der Waals surface area contributed by atoms with Gasteiger partial charge >= 0.3 is 0 Å². The Balaban J connectivity index is 1.46. The number of halogens is 2. The maximum absolute atomic E-state index is 12.5. The Morgan fingerprint density at radius 3 is 2.52 bits per heavy atom. The van der Waals surface area contributed by atoms with E-state index >= 15 is 0 Å². The van der Waals surface area contributed by atoms with Crippen LogP contribution in [0.2, 0.25) is 10.0 Å². The summed E-state index contributed by atoms with van der Waals surface area (Å²) in [6.07, 6.45) is 0.629. The van der Waals surface area contributed by atoms with Crippen molar-refractivity contribution in [3.05, 3.63) is 94.0 Å². The van der Waals surface area contributed by atoms with E-state index in [0.29, 0.717) is 28.2 Å². The number of nitrogens with one attached hydrogen (secondary N) is 1. The molecule has 168 valence electrons. The Morgan fingerprint density at radius 1 is 1.00 bits per heavy atom. The third-order valence-electron chi connectivity index (χ3n) is 5.09. The highest BCUT2D eigenvalue weighted by Gasteiger charge is 2.18. The average Bonchev–Trinajstić information content (AvgIpc) is 3.24. The van der Waals surface area contributed by atoms with E-state index in [1.807, 2.05) is 72.2 Å². The molecule has 0 aliphatic rings. The lowest BCUT2D eigenvalue weighted by Crippen LogP contribution is -2.27. The lowest BCUT2D eigenvalue weighted by molar-refractivity contribution is -0.118. The Kier molecular flexibility index (Phi) is 7.70. The van der Waals surface area contributed by atoms with E-state index in [9.17, 15) is 4.79 Å². The Bertz CT molecular complexity index is 1260. The first-order chi connectivity index (χ1) is 16.0. The zero-order chi connectivity index (χ0) is 23.2. The molecule has 1 aromatic heterocycles. The lowest BCUT2D eigenvalue weighted by Gasteiger charge is -2.13. The van der Waals surface area contributed by atoms with Gasteiger partial charge in [0.15, 0.2) is 11.0 Å². The van der Waals surface area contributed by atoms with Gasteiger partial charge in [-0.1, -0.05) is 89.6 Å². The predicted octanol–water partition coefficient (Wildman–Crippen LogP) is 6.00. The first kappa shape index (κ1) is 23.4. The molecule has 5 nitrogen and oxygen atoms in total. The summed E-state index contributed by atoms with van der Waals surface area (Å²) in [5, 5.41) is 13.6. The topological polar surface area (TPSA) is 59.8 Å². The number of aromatic nitrogens is 3. The molecule has 0 saturated carbocycles. The fourth-order valence-corrected chi connectivity index (χ4v) is 4.69. The van der Waals surface area contributed by atoms with Crippen LogP contribution in [-0.4, -0.2) is 33.0 Å². The van der Waals surface area contributed by atoms with Gasteiger partial charge in [0.05, 0.1) is 11.4 Å². The molecular weight excluding hydrogens is 475 g/mol. The van der Waals surface area contributed by atoms with Gasteiger partial charge in [-0.05, 0) is 42.7 Å². The third-order valence-corrected chi connectivity index (χ3v) is 6.60. The molecule has 0 bridgehead atoms. The number of nitrogens with zero attached hydrogens (tertiary/aromatic N) is 3. The van der Waals surface area contributed by atoms with Crippen LogP contribution >= 0.6 is 35.0 Å². The van der Waals surface area contributed by atoms with Crippen molar-refractivity contribution in [2.75, 3.05) is 12.3 Å². The van der Waals surface area contributed by atoms with Crippen LogP contribution in [0.1, 0.15) is 11.1 Å². The SMILES string of the molecule is Cc1ccccc1-n1c(SCC(=O)NCCc2ccc(Cl)cc2Cl)nnc1-c1ccccc1. The molecule has 8 heteroatoms. The normalized spacial score (nSPS) is 10.9. The summed E-state index contributed by atoms with van der Waals surface area (Å²) in [6.45, 7) is 2.54. The second-order valence-electron chi connectivity index (χ2n) is 7.42. The fraction of sp³-hybridized carbons (Fsp3) is 0.160. The molecule has 0 fully saturated rings. The van der Waals surface area contributed by atoms with Crippen molar-refractivity contribution in [3.63, 3.8) is 0 Å². The Hall–Kier alpha value is -2.80. The molecule has 0 atom stereocenters. The van der Waals surface area contributed by atoms with Gasteiger partial charge in [0.25, 0.3) is 0 Å². The molecule has 0 unspecified atom stereocenters. The van der Waals surface area contributed by atoms with Crippen molar-refractivity contribution in [2.24, 2.45) is 0 Å². The van der Waals surface area contributed by atoms with E-state index in [-0.39, 0.29) is 11.7 Å². The van der Waals surface area contributed by atoms with Crippen molar-refractivity contribution in [1.82, 2.24) is 20.1 Å². The summed E-state index contributed by atoms with van der Waals surface area (Å²) >= 11 is 13.5. The number of hydrogen-bond donors (Lipinski definition) is 1.